The van der Waals surface area contributed by atoms with E-state index in [0.29, 0.717) is 6.04 Å². The summed E-state index contributed by atoms with van der Waals surface area (Å²) in [6.07, 6.45) is 6.42. The van der Waals surface area contributed by atoms with E-state index < -0.39 is 0 Å². The molecular formula is C16H16BrN3O. The molecule has 0 atom stereocenters. The molecule has 0 saturated heterocycles. The molecule has 21 heavy (non-hydrogen) atoms. The molecule has 4 nitrogen and oxygen atoms in total. The SMILES string of the molecule is Cn1c(=O)n(C2CCCC2)c2c3cc(Br)ccc3ncc21. The summed E-state index contributed by atoms with van der Waals surface area (Å²) in [4.78, 5) is 17.2. The fraction of sp³-hybridized carbons (Fsp3) is 0.375. The van der Waals surface area contributed by atoms with Crippen molar-refractivity contribution >= 4 is 37.9 Å². The zero-order valence-electron chi connectivity index (χ0n) is 11.8. The van der Waals surface area contributed by atoms with Gasteiger partial charge in [-0.25, -0.2) is 4.79 Å². The average Bonchev–Trinajstić information content (AvgIpc) is 3.08. The molecule has 2 aromatic heterocycles. The van der Waals surface area contributed by atoms with Crippen LogP contribution in [0.2, 0.25) is 0 Å². The predicted molar refractivity (Wildman–Crippen MR) is 87.7 cm³/mol. The lowest BCUT2D eigenvalue weighted by molar-refractivity contribution is 0.510. The summed E-state index contributed by atoms with van der Waals surface area (Å²) in [5.74, 6) is 0. The van der Waals surface area contributed by atoms with E-state index in [0.717, 1.165) is 39.3 Å². The minimum Gasteiger partial charge on any atom is -0.293 e. The van der Waals surface area contributed by atoms with Gasteiger partial charge in [-0.2, -0.15) is 0 Å². The van der Waals surface area contributed by atoms with Gasteiger partial charge in [0.25, 0.3) is 0 Å². The maximum absolute atomic E-state index is 12.7. The van der Waals surface area contributed by atoms with E-state index in [4.69, 9.17) is 0 Å². The van der Waals surface area contributed by atoms with E-state index >= 15 is 0 Å². The largest absolute Gasteiger partial charge is 0.329 e. The molecule has 1 aliphatic rings. The maximum Gasteiger partial charge on any atom is 0.329 e. The average molecular weight is 346 g/mol. The summed E-state index contributed by atoms with van der Waals surface area (Å²) in [5.41, 5.74) is 2.95. The monoisotopic (exact) mass is 345 g/mol. The Balaban J connectivity index is 2.18. The molecule has 1 aromatic carbocycles. The van der Waals surface area contributed by atoms with Crippen molar-refractivity contribution in [2.75, 3.05) is 0 Å². The molecule has 3 aromatic rings. The molecular weight excluding hydrogens is 330 g/mol. The summed E-state index contributed by atoms with van der Waals surface area (Å²) in [6.45, 7) is 0. The highest BCUT2D eigenvalue weighted by Crippen LogP contribution is 2.33. The maximum atomic E-state index is 12.7. The third-order valence-electron chi connectivity index (χ3n) is 4.57. The summed E-state index contributed by atoms with van der Waals surface area (Å²) in [7, 11) is 1.83. The molecule has 0 unspecified atom stereocenters. The van der Waals surface area contributed by atoms with E-state index in [2.05, 4.69) is 27.0 Å². The number of nitrogens with zero attached hydrogens (tertiary/aromatic N) is 3. The zero-order valence-corrected chi connectivity index (χ0v) is 13.4. The number of imidazole rings is 1. The minimum absolute atomic E-state index is 0.0752. The van der Waals surface area contributed by atoms with Crippen LogP contribution in [0.5, 0.6) is 0 Å². The van der Waals surface area contributed by atoms with Gasteiger partial charge in [-0.3, -0.25) is 14.1 Å². The molecule has 0 N–H and O–H groups in total. The Bertz CT molecular complexity index is 903. The Kier molecular flexibility index (Phi) is 2.92. The van der Waals surface area contributed by atoms with Gasteiger partial charge in [0.05, 0.1) is 22.7 Å². The van der Waals surface area contributed by atoms with Crippen molar-refractivity contribution in [2.24, 2.45) is 7.05 Å². The molecule has 0 aliphatic heterocycles. The van der Waals surface area contributed by atoms with Gasteiger partial charge in [0.15, 0.2) is 0 Å². The van der Waals surface area contributed by atoms with Crippen LogP contribution in [-0.4, -0.2) is 14.1 Å². The first kappa shape index (κ1) is 13.1. The van der Waals surface area contributed by atoms with Crippen molar-refractivity contribution in [1.29, 1.82) is 0 Å². The predicted octanol–water partition coefficient (Wildman–Crippen LogP) is 3.77. The highest BCUT2D eigenvalue weighted by Gasteiger charge is 2.24. The lowest BCUT2D eigenvalue weighted by atomic mass is 10.1. The molecule has 1 saturated carbocycles. The van der Waals surface area contributed by atoms with Gasteiger partial charge in [-0.1, -0.05) is 28.8 Å². The molecule has 5 heteroatoms. The number of hydrogen-bond acceptors (Lipinski definition) is 2. The number of halogens is 1. The van der Waals surface area contributed by atoms with Crippen LogP contribution in [0.15, 0.2) is 33.7 Å². The quantitative estimate of drug-likeness (QED) is 0.673. The molecule has 108 valence electrons. The van der Waals surface area contributed by atoms with Gasteiger partial charge in [0, 0.05) is 22.9 Å². The minimum atomic E-state index is 0.0752. The van der Waals surface area contributed by atoms with Crippen molar-refractivity contribution < 1.29 is 0 Å². The van der Waals surface area contributed by atoms with Gasteiger partial charge in [-0.05, 0) is 31.0 Å². The van der Waals surface area contributed by atoms with Crippen LogP contribution in [0.25, 0.3) is 21.9 Å². The number of benzene rings is 1. The van der Waals surface area contributed by atoms with Crippen molar-refractivity contribution in [3.63, 3.8) is 0 Å². The van der Waals surface area contributed by atoms with E-state index in [9.17, 15) is 4.79 Å². The summed E-state index contributed by atoms with van der Waals surface area (Å²) in [5, 5.41) is 1.05. The second-order valence-corrected chi connectivity index (χ2v) is 6.72. The lowest BCUT2D eigenvalue weighted by Crippen LogP contribution is -2.24. The Hall–Kier alpha value is -1.62. The fourth-order valence-corrected chi connectivity index (χ4v) is 3.86. The van der Waals surface area contributed by atoms with Crippen molar-refractivity contribution in [2.45, 2.75) is 31.7 Å². The lowest BCUT2D eigenvalue weighted by Gasteiger charge is -2.12. The third kappa shape index (κ3) is 1.87. The van der Waals surface area contributed by atoms with E-state index in [1.807, 2.05) is 29.9 Å². The topological polar surface area (TPSA) is 39.8 Å². The molecule has 2 heterocycles. The Morgan fingerprint density at radius 2 is 2.05 bits per heavy atom. The number of aromatic nitrogens is 3. The van der Waals surface area contributed by atoms with Crippen molar-refractivity contribution in [3.05, 3.63) is 39.4 Å². The molecule has 0 amide bonds. The van der Waals surface area contributed by atoms with Crippen LogP contribution in [0, 0.1) is 0 Å². The number of pyridine rings is 1. The molecule has 0 bridgehead atoms. The standard InChI is InChI=1S/C16H16BrN3O/c1-19-14-9-18-13-7-6-10(17)8-12(13)15(14)20(16(19)21)11-4-2-3-5-11/h6-9,11H,2-5H2,1H3. The highest BCUT2D eigenvalue weighted by molar-refractivity contribution is 9.10. The number of hydrogen-bond donors (Lipinski definition) is 0. The summed E-state index contributed by atoms with van der Waals surface area (Å²) in [6, 6.07) is 6.37. The number of aryl methyl sites for hydroxylation is 1. The Morgan fingerprint density at radius 1 is 1.29 bits per heavy atom. The van der Waals surface area contributed by atoms with E-state index in [-0.39, 0.29) is 5.69 Å². The van der Waals surface area contributed by atoms with Crippen LogP contribution in [0.3, 0.4) is 0 Å². The van der Waals surface area contributed by atoms with Crippen LogP contribution < -0.4 is 5.69 Å². The van der Waals surface area contributed by atoms with Gasteiger partial charge < -0.3 is 0 Å². The van der Waals surface area contributed by atoms with Gasteiger partial charge >= 0.3 is 5.69 Å². The summed E-state index contributed by atoms with van der Waals surface area (Å²) < 4.78 is 4.73. The van der Waals surface area contributed by atoms with E-state index in [1.165, 1.54) is 12.8 Å². The normalized spacial score (nSPS) is 16.3. The Labute approximate surface area is 130 Å². The third-order valence-corrected chi connectivity index (χ3v) is 5.06. The van der Waals surface area contributed by atoms with Gasteiger partial charge in [0.2, 0.25) is 0 Å². The van der Waals surface area contributed by atoms with Crippen LogP contribution in [0.1, 0.15) is 31.7 Å². The highest BCUT2D eigenvalue weighted by atomic mass is 79.9. The Morgan fingerprint density at radius 3 is 2.81 bits per heavy atom. The number of rotatable bonds is 1. The van der Waals surface area contributed by atoms with Crippen LogP contribution >= 0.6 is 15.9 Å². The zero-order chi connectivity index (χ0) is 14.6. The van der Waals surface area contributed by atoms with Crippen molar-refractivity contribution in [1.82, 2.24) is 14.1 Å². The van der Waals surface area contributed by atoms with Gasteiger partial charge in [0.1, 0.15) is 0 Å². The molecule has 1 fully saturated rings. The molecule has 1 aliphatic carbocycles. The van der Waals surface area contributed by atoms with E-state index in [1.54, 1.807) is 4.57 Å². The van der Waals surface area contributed by atoms with Crippen LogP contribution in [0.4, 0.5) is 0 Å². The molecule has 0 radical (unpaired) electrons. The number of fused-ring (bicyclic) bond motifs is 3. The smallest absolute Gasteiger partial charge is 0.293 e. The van der Waals surface area contributed by atoms with Crippen LogP contribution in [-0.2, 0) is 7.05 Å². The summed E-state index contributed by atoms with van der Waals surface area (Å²) >= 11 is 3.53. The first-order valence-corrected chi connectivity index (χ1v) is 8.11. The molecule has 4 rings (SSSR count). The fourth-order valence-electron chi connectivity index (χ4n) is 3.50. The van der Waals surface area contributed by atoms with Gasteiger partial charge in [-0.15, -0.1) is 0 Å². The first-order valence-electron chi connectivity index (χ1n) is 7.32. The first-order chi connectivity index (χ1) is 10.2. The second kappa shape index (κ2) is 4.70. The molecule has 0 spiro atoms. The second-order valence-electron chi connectivity index (χ2n) is 5.80. The van der Waals surface area contributed by atoms with Crippen molar-refractivity contribution in [3.8, 4) is 0 Å².